The first-order valence-electron chi connectivity index (χ1n) is 10.0. The third kappa shape index (κ3) is 5.29. The monoisotopic (exact) mass is 360 g/mol. The highest BCUT2D eigenvalue weighted by Gasteiger charge is 2.41. The summed E-state index contributed by atoms with van der Waals surface area (Å²) in [5.74, 6) is 0.490. The Hall–Kier alpha value is -1.43. The summed E-state index contributed by atoms with van der Waals surface area (Å²) in [6.07, 6.45) is 5.44. The highest BCUT2D eigenvalue weighted by molar-refractivity contribution is 5.86. The molecule has 5 nitrogen and oxygen atoms in total. The quantitative estimate of drug-likeness (QED) is 0.744. The zero-order valence-electron chi connectivity index (χ0n) is 15.7. The molecule has 1 amide bonds. The number of aryl methyl sites for hydroxylation is 1. The summed E-state index contributed by atoms with van der Waals surface area (Å²) in [4.78, 5) is 14.6. The molecule has 0 bridgehead atoms. The number of carbonyl (C=O) groups is 1. The summed E-state index contributed by atoms with van der Waals surface area (Å²) in [6.45, 7) is 4.34. The molecule has 5 heteroatoms. The lowest BCUT2D eigenvalue weighted by atomic mass is 9.91. The molecule has 0 saturated carbocycles. The Morgan fingerprint density at radius 3 is 2.77 bits per heavy atom. The number of aliphatic hydroxyl groups is 1. The van der Waals surface area contributed by atoms with Crippen LogP contribution in [0, 0.1) is 5.92 Å². The second kappa shape index (κ2) is 9.49. The zero-order chi connectivity index (χ0) is 18.2. The second-order valence-electron chi connectivity index (χ2n) is 7.70. The molecule has 0 radical (unpaired) electrons. The predicted octanol–water partition coefficient (Wildman–Crippen LogP) is 1.99. The molecule has 2 fully saturated rings. The van der Waals surface area contributed by atoms with Gasteiger partial charge in [-0.1, -0.05) is 30.3 Å². The molecule has 144 valence electrons. The van der Waals surface area contributed by atoms with E-state index in [0.717, 1.165) is 65.0 Å². The summed E-state index contributed by atoms with van der Waals surface area (Å²) in [7, 11) is 0. The number of hydrogen-bond acceptors (Lipinski definition) is 4. The van der Waals surface area contributed by atoms with Crippen molar-refractivity contribution in [1.29, 1.82) is 0 Å². The van der Waals surface area contributed by atoms with Crippen LogP contribution in [0.25, 0.3) is 0 Å². The van der Waals surface area contributed by atoms with Crippen molar-refractivity contribution in [3.8, 4) is 0 Å². The van der Waals surface area contributed by atoms with Crippen LogP contribution in [0.5, 0.6) is 0 Å². The van der Waals surface area contributed by atoms with Crippen molar-refractivity contribution in [3.63, 3.8) is 0 Å². The normalized spacial score (nSPS) is 24.8. The summed E-state index contributed by atoms with van der Waals surface area (Å²) in [6, 6.07) is 10.3. The Bertz CT molecular complexity index is 560. The van der Waals surface area contributed by atoms with Crippen molar-refractivity contribution in [2.45, 2.75) is 44.1 Å². The van der Waals surface area contributed by atoms with E-state index in [-0.39, 0.29) is 5.91 Å². The number of rotatable bonds is 8. The molecule has 1 aromatic rings. The number of piperidine rings is 1. The first kappa shape index (κ1) is 19.3. The lowest BCUT2D eigenvalue weighted by Crippen LogP contribution is -2.58. The van der Waals surface area contributed by atoms with E-state index in [4.69, 9.17) is 4.74 Å². The Balaban J connectivity index is 1.43. The van der Waals surface area contributed by atoms with Crippen molar-refractivity contribution in [1.82, 2.24) is 10.2 Å². The minimum absolute atomic E-state index is 0.101. The molecule has 1 aromatic carbocycles. The number of amides is 1. The van der Waals surface area contributed by atoms with Gasteiger partial charge in [0.05, 0.1) is 0 Å². The molecular weight excluding hydrogens is 328 g/mol. The van der Waals surface area contributed by atoms with Gasteiger partial charge < -0.3 is 20.1 Å². The standard InChI is InChI=1S/C21H32N2O3/c24-20-21(25,17-22-16-19-9-14-26-15-10-19)11-5-13-23(20)12-4-8-18-6-2-1-3-7-18/h1-3,6-7,19,22,25H,4-5,8-17H2. The van der Waals surface area contributed by atoms with Crippen molar-refractivity contribution in [2.24, 2.45) is 5.92 Å². The molecule has 0 aliphatic carbocycles. The average molecular weight is 360 g/mol. The number of hydrogen-bond donors (Lipinski definition) is 2. The molecule has 0 aromatic heterocycles. The van der Waals surface area contributed by atoms with E-state index in [0.29, 0.717) is 18.9 Å². The summed E-state index contributed by atoms with van der Waals surface area (Å²) in [5, 5.41) is 14.2. The van der Waals surface area contributed by atoms with Crippen LogP contribution in [0.15, 0.2) is 30.3 Å². The van der Waals surface area contributed by atoms with Gasteiger partial charge in [-0.3, -0.25) is 4.79 Å². The van der Waals surface area contributed by atoms with Crippen LogP contribution >= 0.6 is 0 Å². The molecule has 0 spiro atoms. The van der Waals surface area contributed by atoms with Gasteiger partial charge in [0.2, 0.25) is 0 Å². The summed E-state index contributed by atoms with van der Waals surface area (Å²) in [5.41, 5.74) is 0.0567. The van der Waals surface area contributed by atoms with E-state index >= 15 is 0 Å². The highest BCUT2D eigenvalue weighted by atomic mass is 16.5. The summed E-state index contributed by atoms with van der Waals surface area (Å²) >= 11 is 0. The molecule has 2 heterocycles. The van der Waals surface area contributed by atoms with E-state index in [9.17, 15) is 9.90 Å². The van der Waals surface area contributed by atoms with Crippen LogP contribution in [-0.2, 0) is 16.0 Å². The highest BCUT2D eigenvalue weighted by Crippen LogP contribution is 2.23. The van der Waals surface area contributed by atoms with Crippen LogP contribution in [0.2, 0.25) is 0 Å². The van der Waals surface area contributed by atoms with Crippen molar-refractivity contribution in [3.05, 3.63) is 35.9 Å². The molecule has 26 heavy (non-hydrogen) atoms. The topological polar surface area (TPSA) is 61.8 Å². The van der Waals surface area contributed by atoms with Crippen molar-refractivity contribution < 1.29 is 14.6 Å². The van der Waals surface area contributed by atoms with Crippen LogP contribution in [0.4, 0.5) is 0 Å². The fourth-order valence-electron chi connectivity index (χ4n) is 3.99. The van der Waals surface area contributed by atoms with E-state index < -0.39 is 5.60 Å². The number of nitrogens with zero attached hydrogens (tertiary/aromatic N) is 1. The Morgan fingerprint density at radius 1 is 1.23 bits per heavy atom. The van der Waals surface area contributed by atoms with Gasteiger partial charge in [-0.15, -0.1) is 0 Å². The van der Waals surface area contributed by atoms with E-state index in [1.165, 1.54) is 5.56 Å². The predicted molar refractivity (Wildman–Crippen MR) is 102 cm³/mol. The maximum absolute atomic E-state index is 12.8. The van der Waals surface area contributed by atoms with Gasteiger partial charge in [-0.25, -0.2) is 0 Å². The van der Waals surface area contributed by atoms with Crippen LogP contribution < -0.4 is 5.32 Å². The van der Waals surface area contributed by atoms with E-state index in [1.54, 1.807) is 0 Å². The van der Waals surface area contributed by atoms with Gasteiger partial charge >= 0.3 is 0 Å². The third-order valence-corrected chi connectivity index (χ3v) is 5.63. The molecule has 1 unspecified atom stereocenters. The fourth-order valence-corrected chi connectivity index (χ4v) is 3.99. The van der Waals surface area contributed by atoms with Crippen LogP contribution in [0.1, 0.15) is 37.7 Å². The number of nitrogens with one attached hydrogen (secondary N) is 1. The number of carbonyl (C=O) groups excluding carboxylic acids is 1. The summed E-state index contributed by atoms with van der Waals surface area (Å²) < 4.78 is 5.38. The average Bonchev–Trinajstić information content (AvgIpc) is 2.67. The number of benzene rings is 1. The fraction of sp³-hybridized carbons (Fsp3) is 0.667. The van der Waals surface area contributed by atoms with E-state index in [2.05, 4.69) is 17.4 Å². The maximum atomic E-state index is 12.8. The molecule has 2 aliphatic rings. The molecule has 2 N–H and O–H groups in total. The van der Waals surface area contributed by atoms with Gasteiger partial charge in [0.15, 0.2) is 5.60 Å². The largest absolute Gasteiger partial charge is 0.381 e. The molecule has 3 rings (SSSR count). The zero-order valence-corrected chi connectivity index (χ0v) is 15.7. The van der Waals surface area contributed by atoms with Gasteiger partial charge in [0, 0.05) is 32.8 Å². The Morgan fingerprint density at radius 2 is 2.00 bits per heavy atom. The van der Waals surface area contributed by atoms with Gasteiger partial charge in [-0.05, 0) is 56.6 Å². The molecule has 2 aliphatic heterocycles. The molecule has 1 atom stereocenters. The minimum atomic E-state index is -1.24. The minimum Gasteiger partial charge on any atom is -0.381 e. The lowest BCUT2D eigenvalue weighted by molar-refractivity contribution is -0.156. The van der Waals surface area contributed by atoms with Gasteiger partial charge in [0.1, 0.15) is 0 Å². The van der Waals surface area contributed by atoms with Gasteiger partial charge in [-0.2, -0.15) is 0 Å². The van der Waals surface area contributed by atoms with Crippen molar-refractivity contribution >= 4 is 5.91 Å². The maximum Gasteiger partial charge on any atom is 0.255 e. The van der Waals surface area contributed by atoms with Crippen molar-refractivity contribution in [2.75, 3.05) is 39.4 Å². The molecular formula is C21H32N2O3. The smallest absolute Gasteiger partial charge is 0.255 e. The number of ether oxygens (including phenoxy) is 1. The first-order chi connectivity index (χ1) is 12.7. The van der Waals surface area contributed by atoms with E-state index in [1.807, 2.05) is 23.1 Å². The Labute approximate surface area is 156 Å². The lowest BCUT2D eigenvalue weighted by Gasteiger charge is -2.38. The number of likely N-dealkylation sites (tertiary alicyclic amines) is 1. The first-order valence-corrected chi connectivity index (χ1v) is 10.0. The van der Waals surface area contributed by atoms with Crippen LogP contribution in [-0.4, -0.2) is 60.9 Å². The SMILES string of the molecule is O=C1N(CCCc2ccccc2)CCCC1(O)CNCC1CCOCC1. The van der Waals surface area contributed by atoms with Crippen LogP contribution in [0.3, 0.4) is 0 Å². The Kier molecular flexibility index (Phi) is 7.06. The molecule has 2 saturated heterocycles. The van der Waals surface area contributed by atoms with Gasteiger partial charge in [0.25, 0.3) is 5.91 Å². The second-order valence-corrected chi connectivity index (χ2v) is 7.70. The third-order valence-electron chi connectivity index (χ3n) is 5.63.